The van der Waals surface area contributed by atoms with E-state index in [1.807, 2.05) is 0 Å². The van der Waals surface area contributed by atoms with Gasteiger partial charge in [-0.25, -0.2) is 13.2 Å². The second-order valence-corrected chi connectivity index (χ2v) is 3.95. The van der Waals surface area contributed by atoms with Crippen molar-refractivity contribution in [3.63, 3.8) is 0 Å². The number of halogens is 3. The molecule has 1 amide bonds. The Morgan fingerprint density at radius 3 is 2.65 bits per heavy atom. The highest BCUT2D eigenvalue weighted by Gasteiger charge is 2.32. The highest BCUT2D eigenvalue weighted by Crippen LogP contribution is 2.31. The number of likely N-dealkylation sites (tertiary alicyclic amines) is 1. The molecule has 0 radical (unpaired) electrons. The van der Waals surface area contributed by atoms with E-state index in [4.69, 9.17) is 5.11 Å². The average molecular weight is 245 g/mol. The Bertz CT molecular complexity index is 464. The largest absolute Gasteiger partial charge is 0.376 e. The molecule has 6 heteroatoms. The predicted octanol–water partition coefficient (Wildman–Crippen LogP) is 1.37. The lowest BCUT2D eigenvalue weighted by molar-refractivity contribution is -0.130. The van der Waals surface area contributed by atoms with Gasteiger partial charge in [0.25, 0.3) is 0 Å². The van der Waals surface area contributed by atoms with E-state index < -0.39 is 30.1 Å². The van der Waals surface area contributed by atoms with Crippen LogP contribution in [0.3, 0.4) is 0 Å². The Balaban J connectivity index is 2.33. The van der Waals surface area contributed by atoms with Gasteiger partial charge >= 0.3 is 0 Å². The van der Waals surface area contributed by atoms with Gasteiger partial charge in [0.15, 0.2) is 11.6 Å². The highest BCUT2D eigenvalue weighted by molar-refractivity contribution is 5.79. The lowest BCUT2D eigenvalue weighted by Crippen LogP contribution is -2.25. The van der Waals surface area contributed by atoms with E-state index in [1.165, 1.54) is 0 Å². The normalized spacial score (nSPS) is 20.1. The van der Waals surface area contributed by atoms with E-state index in [0.29, 0.717) is 6.07 Å². The first kappa shape index (κ1) is 11.9. The number of benzene rings is 1. The van der Waals surface area contributed by atoms with Gasteiger partial charge in [-0.3, -0.25) is 4.79 Å². The molecule has 1 saturated heterocycles. The zero-order valence-electron chi connectivity index (χ0n) is 8.79. The third-order valence-corrected chi connectivity index (χ3v) is 2.85. The Morgan fingerprint density at radius 1 is 1.35 bits per heavy atom. The Morgan fingerprint density at radius 2 is 2.06 bits per heavy atom. The molecule has 1 unspecified atom stereocenters. The number of carbonyl (C=O) groups is 1. The van der Waals surface area contributed by atoms with Crippen molar-refractivity contribution >= 4 is 5.91 Å². The molecule has 1 aliphatic rings. The minimum absolute atomic E-state index is 0.0552. The van der Waals surface area contributed by atoms with Crippen LogP contribution in [0.5, 0.6) is 0 Å². The van der Waals surface area contributed by atoms with Crippen LogP contribution < -0.4 is 0 Å². The second-order valence-electron chi connectivity index (χ2n) is 3.95. The number of carbonyl (C=O) groups excluding carboxylic acids is 1. The maximum atomic E-state index is 13.5. The van der Waals surface area contributed by atoms with E-state index in [9.17, 15) is 18.0 Å². The Kier molecular flexibility index (Phi) is 3.06. The second kappa shape index (κ2) is 4.37. The first-order valence-electron chi connectivity index (χ1n) is 5.06. The van der Waals surface area contributed by atoms with E-state index in [0.717, 1.165) is 11.0 Å². The van der Waals surface area contributed by atoms with Crippen molar-refractivity contribution in [2.45, 2.75) is 12.3 Å². The number of amides is 1. The third kappa shape index (κ3) is 2.12. The summed E-state index contributed by atoms with van der Waals surface area (Å²) >= 11 is 0. The molecule has 17 heavy (non-hydrogen) atoms. The summed E-state index contributed by atoms with van der Waals surface area (Å²) in [6.45, 7) is -0.413. The van der Waals surface area contributed by atoms with E-state index in [1.54, 1.807) is 0 Å². The molecule has 0 aromatic heterocycles. The smallest absolute Gasteiger partial charge is 0.225 e. The highest BCUT2D eigenvalue weighted by atomic mass is 19.2. The van der Waals surface area contributed by atoms with Crippen molar-refractivity contribution in [3.8, 4) is 0 Å². The summed E-state index contributed by atoms with van der Waals surface area (Å²) in [4.78, 5) is 12.4. The number of hydrogen-bond donors (Lipinski definition) is 1. The van der Waals surface area contributed by atoms with Crippen molar-refractivity contribution in [3.05, 3.63) is 35.1 Å². The Hall–Kier alpha value is -1.56. The van der Waals surface area contributed by atoms with Crippen LogP contribution in [0.4, 0.5) is 13.2 Å². The first-order valence-corrected chi connectivity index (χ1v) is 5.06. The summed E-state index contributed by atoms with van der Waals surface area (Å²) in [6.07, 6.45) is -0.0552. The van der Waals surface area contributed by atoms with Crippen LogP contribution in [0.1, 0.15) is 17.9 Å². The summed E-state index contributed by atoms with van der Waals surface area (Å²) in [5, 5.41) is 8.84. The van der Waals surface area contributed by atoms with Crippen molar-refractivity contribution in [1.29, 1.82) is 0 Å². The standard InChI is InChI=1S/C11H10F3NO2/c12-7-2-8(11(14)9(13)3-7)6-1-10(17)15(4-6)5-16/h2-3,6,16H,1,4-5H2. The molecule has 0 aliphatic carbocycles. The summed E-state index contributed by atoms with van der Waals surface area (Å²) in [7, 11) is 0. The van der Waals surface area contributed by atoms with Gasteiger partial charge < -0.3 is 10.0 Å². The van der Waals surface area contributed by atoms with Gasteiger partial charge in [0.2, 0.25) is 5.91 Å². The lowest BCUT2D eigenvalue weighted by atomic mass is 9.97. The summed E-state index contributed by atoms with van der Waals surface area (Å²) < 4.78 is 39.4. The third-order valence-electron chi connectivity index (χ3n) is 2.85. The zero-order chi connectivity index (χ0) is 12.6. The van der Waals surface area contributed by atoms with Crippen LogP contribution >= 0.6 is 0 Å². The van der Waals surface area contributed by atoms with Crippen LogP contribution in [-0.4, -0.2) is 29.2 Å². The number of aliphatic hydroxyl groups is 1. The molecular weight excluding hydrogens is 235 g/mol. The number of hydrogen-bond acceptors (Lipinski definition) is 2. The van der Waals surface area contributed by atoms with E-state index in [2.05, 4.69) is 0 Å². The molecule has 1 atom stereocenters. The molecule has 0 saturated carbocycles. The molecule has 1 N–H and O–H groups in total. The van der Waals surface area contributed by atoms with Gasteiger partial charge in [-0.15, -0.1) is 0 Å². The minimum atomic E-state index is -1.27. The van der Waals surface area contributed by atoms with Crippen LogP contribution in [0, 0.1) is 17.5 Å². The molecule has 1 aromatic carbocycles. The van der Waals surface area contributed by atoms with Crippen LogP contribution in [0.2, 0.25) is 0 Å². The van der Waals surface area contributed by atoms with Crippen molar-refractivity contribution < 1.29 is 23.1 Å². The molecule has 1 aromatic rings. The number of nitrogens with zero attached hydrogens (tertiary/aromatic N) is 1. The minimum Gasteiger partial charge on any atom is -0.376 e. The van der Waals surface area contributed by atoms with Crippen molar-refractivity contribution in [2.75, 3.05) is 13.3 Å². The number of aliphatic hydroxyl groups excluding tert-OH is 1. The fraction of sp³-hybridized carbons (Fsp3) is 0.364. The van der Waals surface area contributed by atoms with Gasteiger partial charge in [0, 0.05) is 24.9 Å². The van der Waals surface area contributed by atoms with Crippen molar-refractivity contribution in [1.82, 2.24) is 4.90 Å². The lowest BCUT2D eigenvalue weighted by Gasteiger charge is -2.13. The fourth-order valence-electron chi connectivity index (χ4n) is 1.99. The summed E-state index contributed by atoms with van der Waals surface area (Å²) in [5.74, 6) is -4.27. The monoisotopic (exact) mass is 245 g/mol. The maximum absolute atomic E-state index is 13.5. The molecule has 1 aliphatic heterocycles. The van der Waals surface area contributed by atoms with Gasteiger partial charge in [-0.2, -0.15) is 0 Å². The molecular formula is C11H10F3NO2. The first-order chi connectivity index (χ1) is 8.02. The predicted molar refractivity (Wildman–Crippen MR) is 52.5 cm³/mol. The summed E-state index contributed by atoms with van der Waals surface area (Å²) in [5.41, 5.74) is -0.160. The Labute approximate surface area is 95.5 Å². The van der Waals surface area contributed by atoms with E-state index in [-0.39, 0.29) is 24.4 Å². The molecule has 1 fully saturated rings. The van der Waals surface area contributed by atoms with Crippen LogP contribution in [0.25, 0.3) is 0 Å². The van der Waals surface area contributed by atoms with Gasteiger partial charge in [0.05, 0.1) is 0 Å². The SMILES string of the molecule is O=C1CC(c2cc(F)cc(F)c2F)CN1CO. The topological polar surface area (TPSA) is 40.5 Å². The zero-order valence-corrected chi connectivity index (χ0v) is 8.79. The van der Waals surface area contributed by atoms with Gasteiger partial charge in [0.1, 0.15) is 12.5 Å². The van der Waals surface area contributed by atoms with E-state index >= 15 is 0 Å². The number of rotatable bonds is 2. The maximum Gasteiger partial charge on any atom is 0.225 e. The molecule has 0 bridgehead atoms. The van der Waals surface area contributed by atoms with Gasteiger partial charge in [-0.1, -0.05) is 0 Å². The molecule has 0 spiro atoms. The van der Waals surface area contributed by atoms with Crippen LogP contribution in [-0.2, 0) is 4.79 Å². The molecule has 3 nitrogen and oxygen atoms in total. The molecule has 1 heterocycles. The quantitative estimate of drug-likeness (QED) is 0.799. The summed E-state index contributed by atoms with van der Waals surface area (Å²) in [6, 6.07) is 1.34. The van der Waals surface area contributed by atoms with Gasteiger partial charge in [-0.05, 0) is 11.6 Å². The molecule has 2 rings (SSSR count). The van der Waals surface area contributed by atoms with Crippen LogP contribution in [0.15, 0.2) is 12.1 Å². The van der Waals surface area contributed by atoms with Crippen molar-refractivity contribution in [2.24, 2.45) is 0 Å². The fourth-order valence-corrected chi connectivity index (χ4v) is 1.99. The molecule has 92 valence electrons. The average Bonchev–Trinajstić information content (AvgIpc) is 2.64.